The van der Waals surface area contributed by atoms with Gasteiger partial charge in [0, 0.05) is 5.56 Å². The number of quaternary nitrogens is 1. The van der Waals surface area contributed by atoms with E-state index in [9.17, 15) is 0 Å². The zero-order valence-electron chi connectivity index (χ0n) is 8.53. The lowest BCUT2D eigenvalue weighted by Gasteiger charge is -2.30. The van der Waals surface area contributed by atoms with Crippen LogP contribution in [0.1, 0.15) is 19.4 Å². The van der Waals surface area contributed by atoms with Gasteiger partial charge in [-0.15, -0.1) is 0 Å². The van der Waals surface area contributed by atoms with Crippen molar-refractivity contribution in [2.75, 3.05) is 13.1 Å². The Kier molecular flexibility index (Phi) is 3.46. The zero-order chi connectivity index (χ0) is 9.73. The summed E-state index contributed by atoms with van der Waals surface area (Å²) in [7, 11) is 0. The molecule has 2 N–H and O–H groups in total. The largest absolute Gasteiger partial charge is 0.245 e. The average molecular weight is 179 g/mol. The molecule has 0 fully saturated rings. The highest BCUT2D eigenvalue weighted by Crippen LogP contribution is 2.07. The monoisotopic (exact) mass is 179 g/mol. The highest BCUT2D eigenvalue weighted by molar-refractivity contribution is 5.13. The summed E-state index contributed by atoms with van der Waals surface area (Å²) in [5.74, 6) is 6.17. The maximum Gasteiger partial charge on any atom is 0.122 e. The van der Waals surface area contributed by atoms with Gasteiger partial charge in [0.25, 0.3) is 0 Å². The Hall–Kier alpha value is -0.860. The molecule has 13 heavy (non-hydrogen) atoms. The van der Waals surface area contributed by atoms with E-state index in [1.54, 1.807) is 0 Å². The lowest BCUT2D eigenvalue weighted by molar-refractivity contribution is -0.949. The molecule has 0 atom stereocenters. The van der Waals surface area contributed by atoms with E-state index in [2.05, 4.69) is 38.1 Å². The number of nitrogens with zero attached hydrogens (tertiary/aromatic N) is 1. The average Bonchev–Trinajstić information content (AvgIpc) is 2.19. The molecule has 1 aromatic carbocycles. The molecule has 72 valence electrons. The fraction of sp³-hybridized carbons (Fsp3) is 0.455. The van der Waals surface area contributed by atoms with Crippen LogP contribution in [0, 0.1) is 0 Å². The Morgan fingerprint density at radius 2 is 1.62 bits per heavy atom. The van der Waals surface area contributed by atoms with Crippen molar-refractivity contribution in [3.63, 3.8) is 0 Å². The van der Waals surface area contributed by atoms with Gasteiger partial charge in [-0.05, 0) is 13.8 Å². The van der Waals surface area contributed by atoms with Gasteiger partial charge >= 0.3 is 0 Å². The van der Waals surface area contributed by atoms with Gasteiger partial charge in [0.2, 0.25) is 0 Å². The van der Waals surface area contributed by atoms with E-state index in [4.69, 9.17) is 5.84 Å². The lowest BCUT2D eigenvalue weighted by atomic mass is 10.2. The lowest BCUT2D eigenvalue weighted by Crippen LogP contribution is -2.53. The first kappa shape index (κ1) is 10.2. The van der Waals surface area contributed by atoms with Crippen LogP contribution in [0.15, 0.2) is 30.3 Å². The molecule has 0 bridgehead atoms. The molecule has 1 rings (SSSR count). The van der Waals surface area contributed by atoms with Crippen molar-refractivity contribution in [2.45, 2.75) is 20.4 Å². The number of rotatable bonds is 4. The van der Waals surface area contributed by atoms with Crippen molar-refractivity contribution in [3.05, 3.63) is 35.9 Å². The molecule has 1 aromatic rings. The second-order valence-electron chi connectivity index (χ2n) is 3.49. The minimum absolute atomic E-state index is 0.629. The SMILES string of the molecule is CC[N+](N)(CC)Cc1ccccc1. The summed E-state index contributed by atoms with van der Waals surface area (Å²) in [5, 5.41) is 0. The summed E-state index contributed by atoms with van der Waals surface area (Å²) in [4.78, 5) is 0. The number of hydrogen-bond donors (Lipinski definition) is 1. The van der Waals surface area contributed by atoms with Gasteiger partial charge in [0.15, 0.2) is 0 Å². The third-order valence-electron chi connectivity index (χ3n) is 2.60. The Labute approximate surface area is 80.5 Å². The van der Waals surface area contributed by atoms with Crippen LogP contribution in [0.25, 0.3) is 0 Å². The van der Waals surface area contributed by atoms with E-state index in [0.717, 1.165) is 19.6 Å². The quantitative estimate of drug-likeness (QED) is 0.426. The van der Waals surface area contributed by atoms with Crippen LogP contribution in [0.3, 0.4) is 0 Å². The molecule has 2 nitrogen and oxygen atoms in total. The minimum Gasteiger partial charge on any atom is -0.245 e. The summed E-state index contributed by atoms with van der Waals surface area (Å²) in [6, 6.07) is 10.4. The van der Waals surface area contributed by atoms with Crippen LogP contribution >= 0.6 is 0 Å². The molecule has 0 aromatic heterocycles. The summed E-state index contributed by atoms with van der Waals surface area (Å²) in [6.07, 6.45) is 0. The predicted octanol–water partition coefficient (Wildman–Crippen LogP) is 1.92. The first-order valence-corrected chi connectivity index (χ1v) is 4.89. The fourth-order valence-electron chi connectivity index (χ4n) is 1.39. The Morgan fingerprint density at radius 1 is 1.08 bits per heavy atom. The van der Waals surface area contributed by atoms with E-state index in [1.165, 1.54) is 5.56 Å². The van der Waals surface area contributed by atoms with Crippen LogP contribution in [0.5, 0.6) is 0 Å². The minimum atomic E-state index is 0.629. The third kappa shape index (κ3) is 2.83. The summed E-state index contributed by atoms with van der Waals surface area (Å²) in [6.45, 7) is 7.14. The van der Waals surface area contributed by atoms with Crippen molar-refractivity contribution in [1.29, 1.82) is 0 Å². The second kappa shape index (κ2) is 4.40. The Bertz CT molecular complexity index is 240. The van der Waals surface area contributed by atoms with Gasteiger partial charge in [-0.3, -0.25) is 0 Å². The molecule has 0 radical (unpaired) electrons. The zero-order valence-corrected chi connectivity index (χ0v) is 8.53. The third-order valence-corrected chi connectivity index (χ3v) is 2.60. The topological polar surface area (TPSA) is 26.0 Å². The van der Waals surface area contributed by atoms with Crippen LogP contribution in [0.4, 0.5) is 0 Å². The molecular weight excluding hydrogens is 160 g/mol. The molecule has 0 saturated carbocycles. The van der Waals surface area contributed by atoms with Crippen molar-refractivity contribution >= 4 is 0 Å². The molecule has 0 spiro atoms. The maximum absolute atomic E-state index is 6.17. The van der Waals surface area contributed by atoms with Crippen LogP contribution in [-0.4, -0.2) is 17.7 Å². The molecule has 0 amide bonds. The van der Waals surface area contributed by atoms with Gasteiger partial charge in [-0.25, -0.2) is 4.59 Å². The van der Waals surface area contributed by atoms with E-state index in [-0.39, 0.29) is 0 Å². The van der Waals surface area contributed by atoms with Crippen molar-refractivity contribution in [1.82, 2.24) is 0 Å². The number of benzene rings is 1. The number of nitrogens with two attached hydrogens (primary N) is 1. The van der Waals surface area contributed by atoms with E-state index >= 15 is 0 Å². The van der Waals surface area contributed by atoms with Crippen molar-refractivity contribution in [3.8, 4) is 0 Å². The van der Waals surface area contributed by atoms with E-state index < -0.39 is 0 Å². The Balaban J connectivity index is 2.68. The Morgan fingerprint density at radius 3 is 2.08 bits per heavy atom. The smallest absolute Gasteiger partial charge is 0.122 e. The fourth-order valence-corrected chi connectivity index (χ4v) is 1.39. The van der Waals surface area contributed by atoms with Gasteiger partial charge in [0.1, 0.15) is 6.54 Å². The molecule has 0 saturated heterocycles. The van der Waals surface area contributed by atoms with Gasteiger partial charge < -0.3 is 0 Å². The van der Waals surface area contributed by atoms with E-state index in [0.29, 0.717) is 4.59 Å². The summed E-state index contributed by atoms with van der Waals surface area (Å²) < 4.78 is 0.629. The molecule has 0 aliphatic heterocycles. The van der Waals surface area contributed by atoms with Crippen LogP contribution in [-0.2, 0) is 6.54 Å². The second-order valence-corrected chi connectivity index (χ2v) is 3.49. The van der Waals surface area contributed by atoms with Gasteiger partial charge in [-0.2, -0.15) is 5.84 Å². The van der Waals surface area contributed by atoms with E-state index in [1.807, 2.05) is 6.07 Å². The van der Waals surface area contributed by atoms with Crippen molar-refractivity contribution < 1.29 is 4.59 Å². The highest BCUT2D eigenvalue weighted by atomic mass is 15.6. The first-order valence-electron chi connectivity index (χ1n) is 4.89. The maximum atomic E-state index is 6.17. The molecule has 0 aliphatic rings. The summed E-state index contributed by atoms with van der Waals surface area (Å²) >= 11 is 0. The normalized spacial score (nSPS) is 11.6. The van der Waals surface area contributed by atoms with Gasteiger partial charge in [-0.1, -0.05) is 30.3 Å². The summed E-state index contributed by atoms with van der Waals surface area (Å²) in [5.41, 5.74) is 1.31. The molecule has 0 heterocycles. The molecule has 2 heteroatoms. The van der Waals surface area contributed by atoms with Crippen LogP contribution in [0.2, 0.25) is 0 Å². The molecule has 0 unspecified atom stereocenters. The molecule has 0 aliphatic carbocycles. The van der Waals surface area contributed by atoms with Gasteiger partial charge in [0.05, 0.1) is 13.1 Å². The predicted molar refractivity (Wildman–Crippen MR) is 55.7 cm³/mol. The standard InChI is InChI=1S/C11H19N2/c1-3-13(12,4-2)10-11-8-6-5-7-9-11/h5-9H,3-4,10,12H2,1-2H3/q+1. The number of hydrogen-bond acceptors (Lipinski definition) is 1. The van der Waals surface area contributed by atoms with Crippen molar-refractivity contribution in [2.24, 2.45) is 5.84 Å². The molecular formula is C11H19N2+. The van der Waals surface area contributed by atoms with Crippen LogP contribution < -0.4 is 5.84 Å². The first-order chi connectivity index (χ1) is 6.20. The highest BCUT2D eigenvalue weighted by Gasteiger charge is 2.17.